The SMILES string of the molecule is c1ccc(CCOc2ncc3[nH]cnc3n2)cc1. The maximum Gasteiger partial charge on any atom is 0.318 e. The molecule has 0 aliphatic carbocycles. The van der Waals surface area contributed by atoms with Crippen LogP contribution in [0.4, 0.5) is 0 Å². The zero-order chi connectivity index (χ0) is 12.2. The van der Waals surface area contributed by atoms with Gasteiger partial charge < -0.3 is 9.72 Å². The Bertz CT molecular complexity index is 636. The highest BCUT2D eigenvalue weighted by Crippen LogP contribution is 2.09. The van der Waals surface area contributed by atoms with Crippen LogP contribution in [0.1, 0.15) is 5.56 Å². The average Bonchev–Trinajstić information content (AvgIpc) is 2.87. The van der Waals surface area contributed by atoms with Gasteiger partial charge in [0.25, 0.3) is 0 Å². The van der Waals surface area contributed by atoms with Gasteiger partial charge in [-0.2, -0.15) is 4.98 Å². The van der Waals surface area contributed by atoms with Crippen LogP contribution in [0.25, 0.3) is 11.2 Å². The average molecular weight is 240 g/mol. The number of aromatic amines is 1. The first kappa shape index (κ1) is 10.7. The fourth-order valence-electron chi connectivity index (χ4n) is 1.69. The molecule has 1 aromatic carbocycles. The van der Waals surface area contributed by atoms with Gasteiger partial charge in [0, 0.05) is 6.42 Å². The minimum Gasteiger partial charge on any atom is -0.463 e. The van der Waals surface area contributed by atoms with Crippen molar-refractivity contribution >= 4 is 11.2 Å². The Morgan fingerprint density at radius 1 is 1.11 bits per heavy atom. The normalized spacial score (nSPS) is 10.7. The Balaban J connectivity index is 1.62. The summed E-state index contributed by atoms with van der Waals surface area (Å²) >= 11 is 0. The number of aromatic nitrogens is 4. The molecule has 0 radical (unpaired) electrons. The lowest BCUT2D eigenvalue weighted by Crippen LogP contribution is -2.04. The number of hydrogen-bond acceptors (Lipinski definition) is 4. The van der Waals surface area contributed by atoms with E-state index in [1.54, 1.807) is 12.5 Å². The molecule has 90 valence electrons. The van der Waals surface area contributed by atoms with Crippen molar-refractivity contribution in [3.63, 3.8) is 0 Å². The monoisotopic (exact) mass is 240 g/mol. The smallest absolute Gasteiger partial charge is 0.318 e. The fraction of sp³-hybridized carbons (Fsp3) is 0.154. The van der Waals surface area contributed by atoms with Gasteiger partial charge in [0.05, 0.1) is 19.1 Å². The van der Waals surface area contributed by atoms with E-state index in [4.69, 9.17) is 4.74 Å². The first-order valence-electron chi connectivity index (χ1n) is 5.75. The van der Waals surface area contributed by atoms with Crippen LogP contribution in [-0.2, 0) is 6.42 Å². The minimum absolute atomic E-state index is 0.366. The molecule has 0 fully saturated rings. The third-order valence-corrected chi connectivity index (χ3v) is 2.62. The quantitative estimate of drug-likeness (QED) is 0.757. The minimum atomic E-state index is 0.366. The summed E-state index contributed by atoms with van der Waals surface area (Å²) in [6.07, 6.45) is 4.10. The zero-order valence-corrected chi connectivity index (χ0v) is 9.71. The van der Waals surface area contributed by atoms with Gasteiger partial charge in [-0.1, -0.05) is 30.3 Å². The molecule has 5 nitrogen and oxygen atoms in total. The maximum atomic E-state index is 5.51. The predicted molar refractivity (Wildman–Crippen MR) is 67.3 cm³/mol. The molecule has 0 atom stereocenters. The number of H-pyrrole nitrogens is 1. The summed E-state index contributed by atoms with van der Waals surface area (Å²) in [5.74, 6) is 0. The van der Waals surface area contributed by atoms with Crippen LogP contribution >= 0.6 is 0 Å². The van der Waals surface area contributed by atoms with Crippen molar-refractivity contribution in [2.24, 2.45) is 0 Å². The van der Waals surface area contributed by atoms with E-state index >= 15 is 0 Å². The summed E-state index contributed by atoms with van der Waals surface area (Å²) in [4.78, 5) is 15.3. The summed E-state index contributed by atoms with van der Waals surface area (Å²) in [7, 11) is 0. The van der Waals surface area contributed by atoms with E-state index in [9.17, 15) is 0 Å². The molecule has 0 aliphatic heterocycles. The van der Waals surface area contributed by atoms with Crippen molar-refractivity contribution in [3.05, 3.63) is 48.4 Å². The topological polar surface area (TPSA) is 63.7 Å². The molecule has 0 spiro atoms. The molecular formula is C13H12N4O. The highest BCUT2D eigenvalue weighted by Gasteiger charge is 2.02. The van der Waals surface area contributed by atoms with Gasteiger partial charge in [-0.15, -0.1) is 0 Å². The lowest BCUT2D eigenvalue weighted by molar-refractivity contribution is 0.297. The summed E-state index contributed by atoms with van der Waals surface area (Å²) in [5, 5.41) is 0. The Morgan fingerprint density at radius 2 is 2.00 bits per heavy atom. The number of rotatable bonds is 4. The third-order valence-electron chi connectivity index (χ3n) is 2.62. The van der Waals surface area contributed by atoms with Gasteiger partial charge in [0.1, 0.15) is 5.52 Å². The van der Waals surface area contributed by atoms with Crippen LogP contribution in [0.5, 0.6) is 6.01 Å². The van der Waals surface area contributed by atoms with Crippen molar-refractivity contribution in [2.75, 3.05) is 6.61 Å². The molecule has 18 heavy (non-hydrogen) atoms. The highest BCUT2D eigenvalue weighted by atomic mass is 16.5. The largest absolute Gasteiger partial charge is 0.463 e. The molecule has 0 aliphatic rings. The molecular weight excluding hydrogens is 228 g/mol. The van der Waals surface area contributed by atoms with Crippen LogP contribution in [-0.4, -0.2) is 26.5 Å². The number of fused-ring (bicyclic) bond motifs is 1. The summed E-state index contributed by atoms with van der Waals surface area (Å²) < 4.78 is 5.51. The second kappa shape index (κ2) is 4.83. The third kappa shape index (κ3) is 2.29. The number of ether oxygens (including phenoxy) is 1. The molecule has 3 rings (SSSR count). The van der Waals surface area contributed by atoms with Gasteiger partial charge in [0.2, 0.25) is 0 Å². The second-order valence-corrected chi connectivity index (χ2v) is 3.88. The Morgan fingerprint density at radius 3 is 2.89 bits per heavy atom. The van der Waals surface area contributed by atoms with E-state index < -0.39 is 0 Å². The molecule has 0 unspecified atom stereocenters. The van der Waals surface area contributed by atoms with Crippen LogP contribution in [0.3, 0.4) is 0 Å². The van der Waals surface area contributed by atoms with E-state index in [1.165, 1.54) is 5.56 Å². The van der Waals surface area contributed by atoms with Crippen LogP contribution in [0.2, 0.25) is 0 Å². The Hall–Kier alpha value is -2.43. The second-order valence-electron chi connectivity index (χ2n) is 3.88. The van der Waals surface area contributed by atoms with Crippen molar-refractivity contribution in [2.45, 2.75) is 6.42 Å². The standard InChI is InChI=1S/C13H12N4O/c1-2-4-10(5-3-1)6-7-18-13-14-8-11-12(17-13)16-9-15-11/h1-5,8-9H,6-7H2,(H,14,15,16,17). The Labute approximate surface area is 104 Å². The van der Waals surface area contributed by atoms with E-state index in [2.05, 4.69) is 32.1 Å². The van der Waals surface area contributed by atoms with Crippen molar-refractivity contribution < 1.29 is 4.74 Å². The zero-order valence-electron chi connectivity index (χ0n) is 9.71. The van der Waals surface area contributed by atoms with E-state index in [-0.39, 0.29) is 0 Å². The molecule has 0 amide bonds. The lowest BCUT2D eigenvalue weighted by atomic mass is 10.2. The van der Waals surface area contributed by atoms with Gasteiger partial charge in [-0.05, 0) is 5.56 Å². The van der Waals surface area contributed by atoms with Crippen molar-refractivity contribution in [1.82, 2.24) is 19.9 Å². The van der Waals surface area contributed by atoms with Crippen LogP contribution < -0.4 is 4.74 Å². The fourth-order valence-corrected chi connectivity index (χ4v) is 1.69. The first-order chi connectivity index (χ1) is 8.92. The molecule has 3 aromatic rings. The Kier molecular flexibility index (Phi) is 2.87. The van der Waals surface area contributed by atoms with Crippen LogP contribution in [0, 0.1) is 0 Å². The summed E-state index contributed by atoms with van der Waals surface area (Å²) in [5.41, 5.74) is 2.67. The molecule has 2 aromatic heterocycles. The van der Waals surface area contributed by atoms with Crippen molar-refractivity contribution in [3.8, 4) is 6.01 Å². The summed E-state index contributed by atoms with van der Waals surface area (Å²) in [6, 6.07) is 10.5. The molecule has 0 bridgehead atoms. The first-order valence-corrected chi connectivity index (χ1v) is 5.75. The summed E-state index contributed by atoms with van der Waals surface area (Å²) in [6.45, 7) is 0.555. The predicted octanol–water partition coefficient (Wildman–Crippen LogP) is 1.97. The van der Waals surface area contributed by atoms with Gasteiger partial charge >= 0.3 is 6.01 Å². The lowest BCUT2D eigenvalue weighted by Gasteiger charge is -2.03. The highest BCUT2D eigenvalue weighted by molar-refractivity contribution is 5.68. The van der Waals surface area contributed by atoms with Gasteiger partial charge in [0.15, 0.2) is 5.65 Å². The number of benzene rings is 1. The molecule has 0 saturated carbocycles. The molecule has 0 saturated heterocycles. The van der Waals surface area contributed by atoms with Crippen molar-refractivity contribution in [1.29, 1.82) is 0 Å². The van der Waals surface area contributed by atoms with E-state index in [0.29, 0.717) is 18.3 Å². The number of nitrogens with one attached hydrogen (secondary N) is 1. The number of nitrogens with zero attached hydrogens (tertiary/aromatic N) is 3. The molecule has 5 heteroatoms. The molecule has 1 N–H and O–H groups in total. The van der Waals surface area contributed by atoms with E-state index in [1.807, 2.05) is 18.2 Å². The number of hydrogen-bond donors (Lipinski definition) is 1. The van der Waals surface area contributed by atoms with Gasteiger partial charge in [-0.25, -0.2) is 9.97 Å². The molecule has 2 heterocycles. The maximum absolute atomic E-state index is 5.51. The van der Waals surface area contributed by atoms with Gasteiger partial charge in [-0.3, -0.25) is 0 Å². The number of imidazole rings is 1. The van der Waals surface area contributed by atoms with E-state index in [0.717, 1.165) is 11.9 Å². The van der Waals surface area contributed by atoms with Crippen LogP contribution in [0.15, 0.2) is 42.9 Å².